The van der Waals surface area contributed by atoms with Gasteiger partial charge in [-0.15, -0.1) is 0 Å². The van der Waals surface area contributed by atoms with Gasteiger partial charge in [0, 0.05) is 11.6 Å². The molecule has 19 heavy (non-hydrogen) atoms. The molecule has 2 aromatic rings. The fourth-order valence-electron chi connectivity index (χ4n) is 1.86. The molecule has 1 unspecified atom stereocenters. The highest BCUT2D eigenvalue weighted by Gasteiger charge is 2.09. The second kappa shape index (κ2) is 6.12. The molecule has 1 atom stereocenters. The lowest BCUT2D eigenvalue weighted by atomic mass is 10.1. The fourth-order valence-corrected chi connectivity index (χ4v) is 2.67. The molecule has 0 radical (unpaired) electrons. The van der Waals surface area contributed by atoms with Crippen molar-refractivity contribution in [1.82, 2.24) is 0 Å². The van der Waals surface area contributed by atoms with Gasteiger partial charge in [0.25, 0.3) is 0 Å². The first-order valence-electron chi connectivity index (χ1n) is 5.93. The molecule has 1 heterocycles. The Hall–Kier alpha value is -1.46. The first-order chi connectivity index (χ1) is 9.06. The topological polar surface area (TPSA) is 38.0 Å². The second-order valence-corrected chi connectivity index (χ2v) is 5.66. The normalized spacial score (nSPS) is 12.1. The molecule has 0 aliphatic heterocycles. The molecule has 5 heteroatoms. The highest BCUT2D eigenvalue weighted by Crippen LogP contribution is 2.18. The third-order valence-corrected chi connectivity index (χ3v) is 3.75. The van der Waals surface area contributed by atoms with Gasteiger partial charge in [0.05, 0.1) is 5.69 Å². The number of hydrogen-bond donors (Lipinski definition) is 2. The Morgan fingerprint density at radius 2 is 2.26 bits per heavy atom. The van der Waals surface area contributed by atoms with E-state index >= 15 is 0 Å². The lowest BCUT2D eigenvalue weighted by molar-refractivity contribution is 0.625. The van der Waals surface area contributed by atoms with Gasteiger partial charge in [0.1, 0.15) is 10.8 Å². The number of nitrogens with one attached hydrogen (secondary N) is 1. The molecule has 0 saturated carbocycles. The van der Waals surface area contributed by atoms with Crippen LogP contribution in [0.4, 0.5) is 10.1 Å². The van der Waals surface area contributed by atoms with Gasteiger partial charge in [-0.2, -0.15) is 11.3 Å². The summed E-state index contributed by atoms with van der Waals surface area (Å²) in [4.78, 5) is 0.205. The number of nitrogens with two attached hydrogens (primary N) is 1. The number of thiophene rings is 1. The average molecular weight is 294 g/mol. The maximum atomic E-state index is 13.9. The molecule has 1 aromatic heterocycles. The van der Waals surface area contributed by atoms with Gasteiger partial charge in [-0.05, 0) is 53.9 Å². The van der Waals surface area contributed by atoms with Crippen LogP contribution in [0.1, 0.15) is 18.1 Å². The first kappa shape index (κ1) is 14.0. The Labute approximate surface area is 121 Å². The average Bonchev–Trinajstić information content (AvgIpc) is 2.84. The molecule has 3 N–H and O–H groups in total. The fraction of sp³-hybridized carbons (Fsp3) is 0.214. The minimum absolute atomic E-state index is 0.153. The molecular weight excluding hydrogens is 279 g/mol. The van der Waals surface area contributed by atoms with Crippen LogP contribution in [0.3, 0.4) is 0 Å². The van der Waals surface area contributed by atoms with E-state index in [0.717, 1.165) is 6.42 Å². The minimum Gasteiger partial charge on any atom is -0.389 e. The Kier molecular flexibility index (Phi) is 4.50. The molecule has 0 amide bonds. The van der Waals surface area contributed by atoms with Crippen molar-refractivity contribution in [3.63, 3.8) is 0 Å². The van der Waals surface area contributed by atoms with E-state index in [1.54, 1.807) is 23.5 Å². The van der Waals surface area contributed by atoms with Crippen molar-refractivity contribution < 1.29 is 4.39 Å². The molecular formula is C14H15FN2S2. The minimum atomic E-state index is -0.331. The van der Waals surface area contributed by atoms with E-state index < -0.39 is 0 Å². The standard InChI is InChI=1S/C14H15FN2S2/c1-9(6-10-4-5-19-8-10)17-13-3-2-11(14(16)18)7-12(13)15/h2-5,7-9,17H,6H2,1H3,(H2,16,18). The summed E-state index contributed by atoms with van der Waals surface area (Å²) < 4.78 is 13.9. The van der Waals surface area contributed by atoms with Gasteiger partial charge in [-0.1, -0.05) is 12.2 Å². The summed E-state index contributed by atoms with van der Waals surface area (Å²) in [6.07, 6.45) is 0.861. The van der Waals surface area contributed by atoms with Crippen molar-refractivity contribution in [2.24, 2.45) is 5.73 Å². The number of hydrogen-bond acceptors (Lipinski definition) is 3. The van der Waals surface area contributed by atoms with Crippen molar-refractivity contribution in [3.05, 3.63) is 52.0 Å². The predicted molar refractivity (Wildman–Crippen MR) is 83.4 cm³/mol. The van der Waals surface area contributed by atoms with Crippen molar-refractivity contribution in [3.8, 4) is 0 Å². The van der Waals surface area contributed by atoms with Crippen LogP contribution in [-0.4, -0.2) is 11.0 Å². The zero-order valence-corrected chi connectivity index (χ0v) is 12.2. The van der Waals surface area contributed by atoms with Crippen LogP contribution in [0.5, 0.6) is 0 Å². The highest BCUT2D eigenvalue weighted by atomic mass is 32.1. The number of anilines is 1. The molecule has 0 bridgehead atoms. The van der Waals surface area contributed by atoms with Crippen LogP contribution < -0.4 is 11.1 Å². The summed E-state index contributed by atoms with van der Waals surface area (Å²) in [5.41, 5.74) is 7.74. The van der Waals surface area contributed by atoms with E-state index in [1.165, 1.54) is 11.6 Å². The van der Waals surface area contributed by atoms with Crippen LogP contribution in [0.25, 0.3) is 0 Å². The summed E-state index contributed by atoms with van der Waals surface area (Å²) in [7, 11) is 0. The van der Waals surface area contributed by atoms with Gasteiger partial charge >= 0.3 is 0 Å². The number of rotatable bonds is 5. The summed E-state index contributed by atoms with van der Waals surface area (Å²) in [6, 6.07) is 7.00. The van der Waals surface area contributed by atoms with E-state index in [2.05, 4.69) is 16.8 Å². The van der Waals surface area contributed by atoms with E-state index in [1.807, 2.05) is 12.3 Å². The van der Waals surface area contributed by atoms with E-state index in [-0.39, 0.29) is 16.8 Å². The van der Waals surface area contributed by atoms with Crippen LogP contribution in [-0.2, 0) is 6.42 Å². The molecule has 0 fully saturated rings. The lowest BCUT2D eigenvalue weighted by Gasteiger charge is -2.15. The SMILES string of the molecule is CC(Cc1ccsc1)Nc1ccc(C(N)=S)cc1F. The third-order valence-electron chi connectivity index (χ3n) is 2.78. The molecule has 0 spiro atoms. The molecule has 2 rings (SSSR count). The third kappa shape index (κ3) is 3.75. The van der Waals surface area contributed by atoms with Gasteiger partial charge in [-0.3, -0.25) is 0 Å². The molecule has 0 saturated heterocycles. The molecule has 100 valence electrons. The molecule has 1 aromatic carbocycles. The van der Waals surface area contributed by atoms with Crippen LogP contribution in [0.2, 0.25) is 0 Å². The molecule has 0 aliphatic rings. The highest BCUT2D eigenvalue weighted by molar-refractivity contribution is 7.80. The van der Waals surface area contributed by atoms with E-state index in [0.29, 0.717) is 11.3 Å². The Balaban J connectivity index is 2.04. The van der Waals surface area contributed by atoms with Crippen LogP contribution >= 0.6 is 23.6 Å². The quantitative estimate of drug-likeness (QED) is 0.828. The van der Waals surface area contributed by atoms with Gasteiger partial charge in [0.2, 0.25) is 0 Å². The van der Waals surface area contributed by atoms with Crippen LogP contribution in [0, 0.1) is 5.82 Å². The first-order valence-corrected chi connectivity index (χ1v) is 7.28. The largest absolute Gasteiger partial charge is 0.389 e. The Bertz CT molecular complexity index is 567. The van der Waals surface area contributed by atoms with Crippen molar-refractivity contribution >= 4 is 34.2 Å². The maximum Gasteiger partial charge on any atom is 0.146 e. The summed E-state index contributed by atoms with van der Waals surface area (Å²) in [6.45, 7) is 2.03. The van der Waals surface area contributed by atoms with Crippen molar-refractivity contribution in [1.29, 1.82) is 0 Å². The summed E-state index contributed by atoms with van der Waals surface area (Å²) in [5, 5.41) is 7.30. The van der Waals surface area contributed by atoms with Crippen LogP contribution in [0.15, 0.2) is 35.0 Å². The molecule has 0 aliphatic carbocycles. The lowest BCUT2D eigenvalue weighted by Crippen LogP contribution is -2.19. The van der Waals surface area contributed by atoms with Crippen molar-refractivity contribution in [2.75, 3.05) is 5.32 Å². The monoisotopic (exact) mass is 294 g/mol. The maximum absolute atomic E-state index is 13.9. The van der Waals surface area contributed by atoms with Gasteiger partial charge in [0.15, 0.2) is 0 Å². The summed E-state index contributed by atoms with van der Waals surface area (Å²) in [5.74, 6) is -0.331. The zero-order valence-electron chi connectivity index (χ0n) is 10.5. The van der Waals surface area contributed by atoms with Gasteiger partial charge < -0.3 is 11.1 Å². The summed E-state index contributed by atoms with van der Waals surface area (Å²) >= 11 is 6.49. The van der Waals surface area contributed by atoms with E-state index in [4.69, 9.17) is 18.0 Å². The Morgan fingerprint density at radius 3 is 2.84 bits per heavy atom. The second-order valence-electron chi connectivity index (χ2n) is 4.44. The zero-order chi connectivity index (χ0) is 13.8. The predicted octanol–water partition coefficient (Wildman–Crippen LogP) is 3.56. The number of halogens is 1. The number of benzene rings is 1. The molecule has 2 nitrogen and oxygen atoms in total. The number of thiocarbonyl (C=S) groups is 1. The smallest absolute Gasteiger partial charge is 0.146 e. The van der Waals surface area contributed by atoms with Crippen molar-refractivity contribution in [2.45, 2.75) is 19.4 Å². The van der Waals surface area contributed by atoms with Gasteiger partial charge in [-0.25, -0.2) is 4.39 Å². The Morgan fingerprint density at radius 1 is 1.47 bits per heavy atom. The van der Waals surface area contributed by atoms with E-state index in [9.17, 15) is 4.39 Å².